The van der Waals surface area contributed by atoms with Gasteiger partial charge in [-0.15, -0.1) is 0 Å². The van der Waals surface area contributed by atoms with E-state index in [0.29, 0.717) is 4.91 Å². The molecule has 1 aromatic carbocycles. The van der Waals surface area contributed by atoms with E-state index in [1.165, 1.54) is 17.4 Å². The Labute approximate surface area is 145 Å². The van der Waals surface area contributed by atoms with Crippen LogP contribution in [0.15, 0.2) is 58.6 Å². The molecule has 0 aliphatic carbocycles. The number of carbonyl (C=O) groups is 1. The van der Waals surface area contributed by atoms with E-state index in [1.54, 1.807) is 0 Å². The van der Waals surface area contributed by atoms with Crippen molar-refractivity contribution >= 4 is 34.6 Å². The van der Waals surface area contributed by atoms with Crippen LogP contribution in [0.5, 0.6) is 0 Å². The number of thioether (sulfide) groups is 1. The van der Waals surface area contributed by atoms with Gasteiger partial charge in [-0.3, -0.25) is 4.79 Å². The molecule has 1 fully saturated rings. The summed E-state index contributed by atoms with van der Waals surface area (Å²) in [6.07, 6.45) is 3.71. The summed E-state index contributed by atoms with van der Waals surface area (Å²) in [5.41, 5.74) is 2.18. The summed E-state index contributed by atoms with van der Waals surface area (Å²) in [6.45, 7) is 3.63. The molecule has 1 amide bonds. The van der Waals surface area contributed by atoms with Crippen LogP contribution < -0.4 is 4.90 Å². The van der Waals surface area contributed by atoms with Gasteiger partial charge in [-0.2, -0.15) is 4.99 Å². The van der Waals surface area contributed by atoms with Gasteiger partial charge in [0.15, 0.2) is 5.17 Å². The molecular weight excluding hydrogens is 320 g/mol. The van der Waals surface area contributed by atoms with Crippen LogP contribution in [0.1, 0.15) is 5.69 Å². The molecule has 24 heavy (non-hydrogen) atoms. The van der Waals surface area contributed by atoms with E-state index >= 15 is 0 Å². The molecule has 1 aromatic heterocycles. The number of nitrogens with one attached hydrogen (secondary N) is 1. The highest BCUT2D eigenvalue weighted by Gasteiger charge is 2.28. The zero-order valence-corrected chi connectivity index (χ0v) is 14.0. The lowest BCUT2D eigenvalue weighted by atomic mass is 10.2. The van der Waals surface area contributed by atoms with Crippen LogP contribution in [-0.4, -0.2) is 47.1 Å². The Morgan fingerprint density at radius 1 is 1.00 bits per heavy atom. The zero-order valence-electron chi connectivity index (χ0n) is 13.2. The Bertz CT molecular complexity index is 775. The normalized spacial score (nSPS) is 19.9. The number of amidine groups is 1. The quantitative estimate of drug-likeness (QED) is 0.856. The van der Waals surface area contributed by atoms with E-state index in [0.717, 1.165) is 37.0 Å². The van der Waals surface area contributed by atoms with Crippen LogP contribution >= 0.6 is 11.8 Å². The summed E-state index contributed by atoms with van der Waals surface area (Å²) in [5, 5.41) is 0.825. The minimum atomic E-state index is -0.143. The van der Waals surface area contributed by atoms with Crippen LogP contribution in [-0.2, 0) is 4.79 Å². The SMILES string of the molecule is O=C1N=C(N2CCN(c3ccccc3)CC2)S/C1=C/c1ccc[nH]1. The third kappa shape index (κ3) is 3.10. The Hall–Kier alpha value is -2.47. The van der Waals surface area contributed by atoms with Crippen molar-refractivity contribution in [3.05, 3.63) is 59.3 Å². The van der Waals surface area contributed by atoms with Crippen LogP contribution in [0.2, 0.25) is 0 Å². The fourth-order valence-electron chi connectivity index (χ4n) is 2.90. The second-order valence-electron chi connectivity index (χ2n) is 5.75. The first-order valence-corrected chi connectivity index (χ1v) is 8.82. The van der Waals surface area contributed by atoms with Gasteiger partial charge in [0.25, 0.3) is 5.91 Å². The van der Waals surface area contributed by atoms with Crippen molar-refractivity contribution < 1.29 is 4.79 Å². The van der Waals surface area contributed by atoms with Crippen molar-refractivity contribution in [1.29, 1.82) is 0 Å². The first-order chi connectivity index (χ1) is 11.8. The van der Waals surface area contributed by atoms with Gasteiger partial charge in [0.2, 0.25) is 0 Å². The lowest BCUT2D eigenvalue weighted by molar-refractivity contribution is -0.113. The summed E-state index contributed by atoms with van der Waals surface area (Å²) < 4.78 is 0. The number of nitrogens with zero attached hydrogens (tertiary/aromatic N) is 3. The maximum atomic E-state index is 12.1. The third-order valence-electron chi connectivity index (χ3n) is 4.19. The molecule has 2 aliphatic heterocycles. The third-order valence-corrected chi connectivity index (χ3v) is 5.23. The van der Waals surface area contributed by atoms with E-state index in [-0.39, 0.29) is 5.91 Å². The molecule has 2 aliphatic rings. The maximum absolute atomic E-state index is 12.1. The van der Waals surface area contributed by atoms with E-state index in [2.05, 4.69) is 44.0 Å². The Morgan fingerprint density at radius 3 is 2.46 bits per heavy atom. The molecule has 0 radical (unpaired) electrons. The minimum Gasteiger partial charge on any atom is -0.368 e. The summed E-state index contributed by atoms with van der Waals surface area (Å²) in [5.74, 6) is -0.143. The number of benzene rings is 1. The zero-order chi connectivity index (χ0) is 16.4. The minimum absolute atomic E-state index is 0.143. The van der Waals surface area contributed by atoms with E-state index in [4.69, 9.17) is 0 Å². The number of H-pyrrole nitrogens is 1. The topological polar surface area (TPSA) is 51.7 Å². The van der Waals surface area contributed by atoms with Crippen molar-refractivity contribution in [1.82, 2.24) is 9.88 Å². The smallest absolute Gasteiger partial charge is 0.286 e. The lowest BCUT2D eigenvalue weighted by Gasteiger charge is -2.36. The highest BCUT2D eigenvalue weighted by Crippen LogP contribution is 2.30. The summed E-state index contributed by atoms with van der Waals surface area (Å²) in [6, 6.07) is 14.3. The highest BCUT2D eigenvalue weighted by atomic mass is 32.2. The van der Waals surface area contributed by atoms with Gasteiger partial charge in [-0.05, 0) is 42.1 Å². The standard InChI is InChI=1S/C18H18N4OS/c23-17-16(13-14-5-4-8-19-14)24-18(20-17)22-11-9-21(10-12-22)15-6-2-1-3-7-15/h1-8,13,19H,9-12H2/b16-13+. The molecular formula is C18H18N4OS. The van der Waals surface area contributed by atoms with Crippen LogP contribution in [0, 0.1) is 0 Å². The summed E-state index contributed by atoms with van der Waals surface area (Å²) in [7, 11) is 0. The number of aromatic amines is 1. The van der Waals surface area contributed by atoms with Gasteiger partial charge < -0.3 is 14.8 Å². The van der Waals surface area contributed by atoms with Gasteiger partial charge in [0.05, 0.1) is 4.91 Å². The second kappa shape index (κ2) is 6.57. The van der Waals surface area contributed by atoms with E-state index in [9.17, 15) is 4.79 Å². The average molecular weight is 338 g/mol. The fourth-order valence-corrected chi connectivity index (χ4v) is 3.86. The molecule has 0 unspecified atom stereocenters. The van der Waals surface area contributed by atoms with Crippen molar-refractivity contribution in [3.8, 4) is 0 Å². The molecule has 1 saturated heterocycles. The molecule has 0 atom stereocenters. The van der Waals surface area contributed by atoms with Gasteiger partial charge in [0.1, 0.15) is 0 Å². The lowest BCUT2D eigenvalue weighted by Crippen LogP contribution is -2.47. The molecule has 4 rings (SSSR count). The Morgan fingerprint density at radius 2 is 1.75 bits per heavy atom. The largest absolute Gasteiger partial charge is 0.368 e. The second-order valence-corrected chi connectivity index (χ2v) is 6.75. The number of carbonyl (C=O) groups excluding carboxylic acids is 1. The number of aliphatic imine (C=N–C) groups is 1. The maximum Gasteiger partial charge on any atom is 0.286 e. The van der Waals surface area contributed by atoms with Gasteiger partial charge in [0, 0.05) is 43.8 Å². The van der Waals surface area contributed by atoms with Gasteiger partial charge in [-0.25, -0.2) is 0 Å². The molecule has 3 heterocycles. The number of hydrogen-bond acceptors (Lipinski definition) is 4. The van der Waals surface area contributed by atoms with Gasteiger partial charge >= 0.3 is 0 Å². The Balaban J connectivity index is 1.40. The number of amides is 1. The van der Waals surface area contributed by atoms with E-state index < -0.39 is 0 Å². The molecule has 0 spiro atoms. The van der Waals surface area contributed by atoms with Crippen molar-refractivity contribution in [3.63, 3.8) is 0 Å². The van der Waals surface area contributed by atoms with Crippen LogP contribution in [0.25, 0.3) is 6.08 Å². The van der Waals surface area contributed by atoms with Gasteiger partial charge in [-0.1, -0.05) is 18.2 Å². The molecule has 2 aromatic rings. The van der Waals surface area contributed by atoms with Crippen molar-refractivity contribution in [2.24, 2.45) is 4.99 Å². The monoisotopic (exact) mass is 338 g/mol. The molecule has 5 nitrogen and oxygen atoms in total. The first kappa shape index (κ1) is 15.1. The molecule has 122 valence electrons. The summed E-state index contributed by atoms with van der Waals surface area (Å²) in [4.78, 5) is 24.7. The number of para-hydroxylation sites is 1. The number of rotatable bonds is 2. The van der Waals surface area contributed by atoms with E-state index in [1.807, 2.05) is 30.5 Å². The summed E-state index contributed by atoms with van der Waals surface area (Å²) >= 11 is 1.47. The first-order valence-electron chi connectivity index (χ1n) is 8.00. The van der Waals surface area contributed by atoms with Crippen molar-refractivity contribution in [2.45, 2.75) is 0 Å². The molecule has 0 bridgehead atoms. The Kier molecular flexibility index (Phi) is 4.13. The number of aromatic nitrogens is 1. The molecule has 6 heteroatoms. The molecule has 0 saturated carbocycles. The highest BCUT2D eigenvalue weighted by molar-refractivity contribution is 8.18. The number of piperazine rings is 1. The number of anilines is 1. The number of hydrogen-bond donors (Lipinski definition) is 1. The van der Waals surface area contributed by atoms with Crippen LogP contribution in [0.4, 0.5) is 5.69 Å². The predicted octanol–water partition coefficient (Wildman–Crippen LogP) is 2.81. The predicted molar refractivity (Wildman–Crippen MR) is 99.0 cm³/mol. The average Bonchev–Trinajstić information content (AvgIpc) is 3.27. The van der Waals surface area contributed by atoms with Crippen LogP contribution in [0.3, 0.4) is 0 Å². The molecule has 1 N–H and O–H groups in total. The van der Waals surface area contributed by atoms with Crippen molar-refractivity contribution in [2.75, 3.05) is 31.1 Å². The fraction of sp³-hybridized carbons (Fsp3) is 0.222.